The lowest BCUT2D eigenvalue weighted by atomic mass is 10.2. The third kappa shape index (κ3) is 1.73. The summed E-state index contributed by atoms with van der Waals surface area (Å²) in [5.74, 6) is 2.20. The molecule has 0 amide bonds. The van der Waals surface area contributed by atoms with Crippen LogP contribution in [0.1, 0.15) is 12.5 Å². The van der Waals surface area contributed by atoms with Gasteiger partial charge in [-0.2, -0.15) is 11.8 Å². The van der Waals surface area contributed by atoms with Crippen LogP contribution in [0.2, 0.25) is 0 Å². The van der Waals surface area contributed by atoms with E-state index in [9.17, 15) is 0 Å². The van der Waals surface area contributed by atoms with Gasteiger partial charge >= 0.3 is 0 Å². The average molecular weight is 206 g/mol. The van der Waals surface area contributed by atoms with Crippen LogP contribution in [0.3, 0.4) is 0 Å². The Kier molecular flexibility index (Phi) is 2.68. The van der Waals surface area contributed by atoms with Crippen LogP contribution >= 0.6 is 11.8 Å². The molecule has 0 radical (unpaired) electrons. The summed E-state index contributed by atoms with van der Waals surface area (Å²) >= 11 is 1.93. The second-order valence-electron chi connectivity index (χ2n) is 3.26. The minimum Gasteiger partial charge on any atom is -0.399 e. The molecule has 0 saturated heterocycles. The third-order valence-corrected chi connectivity index (χ3v) is 3.18. The highest BCUT2D eigenvalue weighted by molar-refractivity contribution is 7.98. The van der Waals surface area contributed by atoms with Crippen LogP contribution in [0.5, 0.6) is 0 Å². The van der Waals surface area contributed by atoms with Gasteiger partial charge in [-0.05, 0) is 29.5 Å². The summed E-state index contributed by atoms with van der Waals surface area (Å²) < 4.78 is 0. The number of hydrogen-bond acceptors (Lipinski definition) is 2. The normalized spacial score (nSPS) is 10.9. The van der Waals surface area contributed by atoms with Gasteiger partial charge in [-0.25, -0.2) is 0 Å². The Morgan fingerprint density at radius 2 is 2.29 bits per heavy atom. The fraction of sp³-hybridized carbons (Fsp3) is 0.273. The van der Waals surface area contributed by atoms with Gasteiger partial charge in [0.15, 0.2) is 0 Å². The number of hydrogen-bond donors (Lipinski definition) is 2. The highest BCUT2D eigenvalue weighted by Gasteiger charge is 2.02. The van der Waals surface area contributed by atoms with E-state index in [2.05, 4.69) is 18.1 Å². The molecule has 3 heteroatoms. The Bertz CT molecular complexity index is 434. The van der Waals surface area contributed by atoms with Gasteiger partial charge in [0.25, 0.3) is 0 Å². The molecule has 0 aliphatic carbocycles. The van der Waals surface area contributed by atoms with Gasteiger partial charge in [0.2, 0.25) is 0 Å². The lowest BCUT2D eigenvalue weighted by molar-refractivity contribution is 1.39. The molecule has 0 fully saturated rings. The minimum absolute atomic E-state index is 0.833. The number of fused-ring (bicyclic) bond motifs is 1. The predicted molar refractivity (Wildman–Crippen MR) is 64.5 cm³/mol. The quantitative estimate of drug-likeness (QED) is 0.758. The van der Waals surface area contributed by atoms with E-state index in [1.165, 1.54) is 16.5 Å². The molecule has 1 aromatic heterocycles. The van der Waals surface area contributed by atoms with Crippen molar-refractivity contribution in [2.24, 2.45) is 0 Å². The first kappa shape index (κ1) is 9.46. The van der Waals surface area contributed by atoms with Crippen molar-refractivity contribution in [2.75, 3.05) is 11.5 Å². The smallest absolute Gasteiger partial charge is 0.0458 e. The van der Waals surface area contributed by atoms with Crippen LogP contribution in [0.25, 0.3) is 10.9 Å². The maximum absolute atomic E-state index is 5.76. The number of nitrogens with one attached hydrogen (secondary N) is 1. The lowest BCUT2D eigenvalue weighted by Crippen LogP contribution is -1.84. The average Bonchev–Trinajstić information content (AvgIpc) is 2.57. The van der Waals surface area contributed by atoms with E-state index in [0.717, 1.165) is 17.2 Å². The van der Waals surface area contributed by atoms with Crippen molar-refractivity contribution in [3.05, 3.63) is 30.0 Å². The number of thioether (sulfide) groups is 1. The molecule has 0 unspecified atom stereocenters. The van der Waals surface area contributed by atoms with Gasteiger partial charge in [-0.15, -0.1) is 0 Å². The van der Waals surface area contributed by atoms with Crippen molar-refractivity contribution < 1.29 is 0 Å². The first-order chi connectivity index (χ1) is 6.81. The van der Waals surface area contributed by atoms with Crippen molar-refractivity contribution >= 4 is 28.4 Å². The molecule has 2 rings (SSSR count). The Hall–Kier alpha value is -1.09. The minimum atomic E-state index is 0.833. The van der Waals surface area contributed by atoms with Crippen LogP contribution in [-0.4, -0.2) is 10.7 Å². The zero-order valence-corrected chi connectivity index (χ0v) is 9.03. The van der Waals surface area contributed by atoms with E-state index in [1.54, 1.807) is 0 Å². The van der Waals surface area contributed by atoms with Crippen molar-refractivity contribution in [2.45, 2.75) is 12.7 Å². The maximum atomic E-state index is 5.76. The van der Waals surface area contributed by atoms with E-state index >= 15 is 0 Å². The molecule has 14 heavy (non-hydrogen) atoms. The largest absolute Gasteiger partial charge is 0.399 e. The summed E-state index contributed by atoms with van der Waals surface area (Å²) in [4.78, 5) is 3.26. The monoisotopic (exact) mass is 206 g/mol. The van der Waals surface area contributed by atoms with E-state index in [0.29, 0.717) is 0 Å². The summed E-state index contributed by atoms with van der Waals surface area (Å²) in [6.45, 7) is 2.17. The Labute approximate surface area is 87.9 Å². The van der Waals surface area contributed by atoms with Gasteiger partial charge in [-0.1, -0.05) is 6.92 Å². The molecule has 3 N–H and O–H groups in total. The van der Waals surface area contributed by atoms with E-state index in [4.69, 9.17) is 5.73 Å². The predicted octanol–water partition coefficient (Wildman–Crippen LogP) is 3.00. The van der Waals surface area contributed by atoms with Crippen LogP contribution in [0.15, 0.2) is 24.4 Å². The lowest BCUT2D eigenvalue weighted by Gasteiger charge is -1.98. The molecular formula is C11H14N2S. The number of aromatic nitrogens is 1. The molecule has 0 bridgehead atoms. The van der Waals surface area contributed by atoms with Gasteiger partial charge in [0.1, 0.15) is 0 Å². The molecule has 1 aromatic carbocycles. The second kappa shape index (κ2) is 3.96. The molecular weight excluding hydrogens is 192 g/mol. The standard InChI is InChI=1S/C11H14N2S/c1-2-14-7-8-6-13-11-4-3-9(12)5-10(8)11/h3-6,13H,2,7,12H2,1H3. The molecule has 0 saturated carbocycles. The summed E-state index contributed by atoms with van der Waals surface area (Å²) in [6, 6.07) is 6.00. The second-order valence-corrected chi connectivity index (χ2v) is 4.53. The van der Waals surface area contributed by atoms with Crippen molar-refractivity contribution in [3.8, 4) is 0 Å². The van der Waals surface area contributed by atoms with E-state index in [-0.39, 0.29) is 0 Å². The molecule has 0 spiro atoms. The number of benzene rings is 1. The maximum Gasteiger partial charge on any atom is 0.0458 e. The number of aromatic amines is 1. The Balaban J connectivity index is 2.40. The van der Waals surface area contributed by atoms with Crippen LogP contribution in [0.4, 0.5) is 5.69 Å². The fourth-order valence-corrected chi connectivity index (χ4v) is 2.19. The van der Waals surface area contributed by atoms with E-state index < -0.39 is 0 Å². The molecule has 2 aromatic rings. The molecule has 1 heterocycles. The van der Waals surface area contributed by atoms with Crippen molar-refractivity contribution in [1.29, 1.82) is 0 Å². The van der Waals surface area contributed by atoms with Gasteiger partial charge < -0.3 is 10.7 Å². The SMILES string of the molecule is CCSCc1c[nH]c2ccc(N)cc12. The van der Waals surface area contributed by atoms with Crippen LogP contribution < -0.4 is 5.73 Å². The van der Waals surface area contributed by atoms with Crippen molar-refractivity contribution in [3.63, 3.8) is 0 Å². The highest BCUT2D eigenvalue weighted by Crippen LogP contribution is 2.24. The summed E-state index contributed by atoms with van der Waals surface area (Å²) in [5.41, 5.74) is 9.11. The van der Waals surface area contributed by atoms with Crippen molar-refractivity contribution in [1.82, 2.24) is 4.98 Å². The number of nitrogen functional groups attached to an aromatic ring is 1. The Morgan fingerprint density at radius 3 is 3.07 bits per heavy atom. The summed E-state index contributed by atoms with van der Waals surface area (Å²) in [7, 11) is 0. The molecule has 0 aliphatic rings. The molecule has 2 nitrogen and oxygen atoms in total. The van der Waals surface area contributed by atoms with Crippen LogP contribution in [-0.2, 0) is 5.75 Å². The molecule has 0 atom stereocenters. The molecule has 74 valence electrons. The fourth-order valence-electron chi connectivity index (χ4n) is 1.53. The zero-order chi connectivity index (χ0) is 9.97. The topological polar surface area (TPSA) is 41.8 Å². The number of nitrogens with two attached hydrogens (primary N) is 1. The zero-order valence-electron chi connectivity index (χ0n) is 8.21. The van der Waals surface area contributed by atoms with E-state index in [1.807, 2.05) is 30.0 Å². The third-order valence-electron chi connectivity index (χ3n) is 2.25. The van der Waals surface area contributed by atoms with Gasteiger partial charge in [0.05, 0.1) is 0 Å². The first-order valence-electron chi connectivity index (χ1n) is 4.74. The number of H-pyrrole nitrogens is 1. The summed E-state index contributed by atoms with van der Waals surface area (Å²) in [5, 5.41) is 1.26. The highest BCUT2D eigenvalue weighted by atomic mass is 32.2. The first-order valence-corrected chi connectivity index (χ1v) is 5.90. The number of anilines is 1. The molecule has 0 aliphatic heterocycles. The van der Waals surface area contributed by atoms with Gasteiger partial charge in [0, 0.05) is 28.5 Å². The Morgan fingerprint density at radius 1 is 1.43 bits per heavy atom. The van der Waals surface area contributed by atoms with Gasteiger partial charge in [-0.3, -0.25) is 0 Å². The van der Waals surface area contributed by atoms with Crippen LogP contribution in [0, 0.1) is 0 Å². The summed E-state index contributed by atoms with van der Waals surface area (Å²) in [6.07, 6.45) is 2.08. The number of rotatable bonds is 3.